The van der Waals surface area contributed by atoms with E-state index in [-0.39, 0.29) is 24.4 Å². The summed E-state index contributed by atoms with van der Waals surface area (Å²) >= 11 is 7.69. The first kappa shape index (κ1) is 25.2. The van der Waals surface area contributed by atoms with E-state index in [9.17, 15) is 9.59 Å². The Morgan fingerprint density at radius 2 is 1.86 bits per heavy atom. The Bertz CT molecular complexity index is 1150. The van der Waals surface area contributed by atoms with Gasteiger partial charge < -0.3 is 19.3 Å². The number of ether oxygens (including phenoxy) is 2. The van der Waals surface area contributed by atoms with Gasteiger partial charge in [-0.25, -0.2) is 0 Å². The van der Waals surface area contributed by atoms with Crippen molar-refractivity contribution in [1.82, 2.24) is 9.80 Å². The van der Waals surface area contributed by atoms with E-state index in [2.05, 4.69) is 11.4 Å². The van der Waals surface area contributed by atoms with Crippen molar-refractivity contribution in [2.45, 2.75) is 19.4 Å². The minimum absolute atomic E-state index is 0.0208. The average molecular weight is 513 g/mol. The second-order valence-electron chi connectivity index (χ2n) is 8.50. The predicted octanol–water partition coefficient (Wildman–Crippen LogP) is 5.00. The third-order valence-corrected chi connectivity index (χ3v) is 7.36. The largest absolute Gasteiger partial charge is 0.491 e. The summed E-state index contributed by atoms with van der Waals surface area (Å²) < 4.78 is 11.3. The third kappa shape index (κ3) is 6.23. The van der Waals surface area contributed by atoms with Gasteiger partial charge in [-0.15, -0.1) is 11.3 Å². The Morgan fingerprint density at radius 1 is 1.11 bits per heavy atom. The van der Waals surface area contributed by atoms with Gasteiger partial charge in [0, 0.05) is 35.7 Å². The van der Waals surface area contributed by atoms with Gasteiger partial charge in [0.15, 0.2) is 0 Å². The molecule has 8 heteroatoms. The molecule has 2 amide bonds. The van der Waals surface area contributed by atoms with Crippen LogP contribution in [0.2, 0.25) is 5.02 Å². The van der Waals surface area contributed by atoms with E-state index in [1.54, 1.807) is 47.6 Å². The van der Waals surface area contributed by atoms with Crippen molar-refractivity contribution in [3.05, 3.63) is 86.6 Å². The lowest BCUT2D eigenvalue weighted by molar-refractivity contribution is -0.135. The van der Waals surface area contributed by atoms with Crippen LogP contribution < -0.4 is 4.74 Å². The van der Waals surface area contributed by atoms with Crippen molar-refractivity contribution >= 4 is 34.8 Å². The van der Waals surface area contributed by atoms with Gasteiger partial charge in [-0.3, -0.25) is 9.59 Å². The molecule has 3 aromatic rings. The van der Waals surface area contributed by atoms with Crippen LogP contribution in [0, 0.1) is 6.92 Å². The molecule has 1 atom stereocenters. The number of benzene rings is 2. The Morgan fingerprint density at radius 3 is 2.57 bits per heavy atom. The third-order valence-electron chi connectivity index (χ3n) is 6.11. The molecule has 0 saturated carbocycles. The zero-order chi connectivity index (χ0) is 24.8. The van der Waals surface area contributed by atoms with Crippen LogP contribution in [0.4, 0.5) is 0 Å². The molecule has 0 saturated heterocycles. The number of thiophene rings is 1. The molecule has 35 heavy (non-hydrogen) atoms. The summed E-state index contributed by atoms with van der Waals surface area (Å²) in [5.74, 6) is 0.404. The molecule has 0 N–H and O–H groups in total. The first-order valence-electron chi connectivity index (χ1n) is 11.5. The minimum atomic E-state index is -0.230. The van der Waals surface area contributed by atoms with E-state index in [0.29, 0.717) is 42.6 Å². The molecule has 6 nitrogen and oxygen atoms in total. The summed E-state index contributed by atoms with van der Waals surface area (Å²) in [4.78, 5) is 31.5. The molecule has 2 aromatic carbocycles. The quantitative estimate of drug-likeness (QED) is 0.404. The Labute approximate surface area is 215 Å². The maximum atomic E-state index is 13.6. The molecule has 0 bridgehead atoms. The number of carbonyl (C=O) groups is 2. The number of nitrogens with zero attached hydrogens (tertiary/aromatic N) is 2. The number of amides is 2. The van der Waals surface area contributed by atoms with Crippen molar-refractivity contribution in [1.29, 1.82) is 0 Å². The molecule has 0 fully saturated rings. The lowest BCUT2D eigenvalue weighted by Gasteiger charge is -2.37. The van der Waals surface area contributed by atoms with Crippen LogP contribution in [0.1, 0.15) is 32.4 Å². The highest BCUT2D eigenvalue weighted by Crippen LogP contribution is 2.34. The molecule has 0 unspecified atom stereocenters. The van der Waals surface area contributed by atoms with Gasteiger partial charge in [-0.1, -0.05) is 29.3 Å². The highest BCUT2D eigenvalue weighted by atomic mass is 35.5. The number of aryl methyl sites for hydroxylation is 1. The number of hydrogen-bond acceptors (Lipinski definition) is 5. The van der Waals surface area contributed by atoms with E-state index < -0.39 is 0 Å². The zero-order valence-electron chi connectivity index (χ0n) is 19.9. The van der Waals surface area contributed by atoms with Gasteiger partial charge in [0.25, 0.3) is 5.91 Å². The molecule has 1 aliphatic rings. The van der Waals surface area contributed by atoms with Crippen LogP contribution in [0.25, 0.3) is 0 Å². The molecule has 4 rings (SSSR count). The van der Waals surface area contributed by atoms with Gasteiger partial charge in [-0.2, -0.15) is 0 Å². The Balaban J connectivity index is 1.51. The average Bonchev–Trinajstić information content (AvgIpc) is 3.35. The molecular formula is C27H29ClN2O4S. The summed E-state index contributed by atoms with van der Waals surface area (Å²) in [6, 6.07) is 16.4. The van der Waals surface area contributed by atoms with Crippen molar-refractivity contribution < 1.29 is 19.1 Å². The van der Waals surface area contributed by atoms with Gasteiger partial charge in [0.1, 0.15) is 18.9 Å². The molecule has 1 aromatic heterocycles. The molecule has 0 radical (unpaired) electrons. The highest BCUT2D eigenvalue weighted by Gasteiger charge is 2.33. The molecule has 0 spiro atoms. The van der Waals surface area contributed by atoms with Crippen LogP contribution in [0.15, 0.2) is 60.0 Å². The number of halogens is 1. The van der Waals surface area contributed by atoms with Gasteiger partial charge in [0.2, 0.25) is 5.91 Å². The second kappa shape index (κ2) is 11.7. The first-order chi connectivity index (χ1) is 17.0. The van der Waals surface area contributed by atoms with Crippen LogP contribution in [0.3, 0.4) is 0 Å². The molecule has 1 aliphatic heterocycles. The van der Waals surface area contributed by atoms with Gasteiger partial charge in [-0.05, 0) is 66.8 Å². The Kier molecular flexibility index (Phi) is 8.44. The molecule has 184 valence electrons. The van der Waals surface area contributed by atoms with Crippen LogP contribution in [-0.2, 0) is 16.0 Å². The predicted molar refractivity (Wildman–Crippen MR) is 138 cm³/mol. The van der Waals surface area contributed by atoms with E-state index in [4.69, 9.17) is 21.1 Å². The molecule has 0 aliphatic carbocycles. The van der Waals surface area contributed by atoms with Gasteiger partial charge in [0.05, 0.1) is 12.6 Å². The van der Waals surface area contributed by atoms with Crippen molar-refractivity contribution in [2.75, 3.05) is 40.0 Å². The van der Waals surface area contributed by atoms with Crippen LogP contribution in [-0.4, -0.2) is 61.6 Å². The summed E-state index contributed by atoms with van der Waals surface area (Å²) in [6.45, 7) is 3.54. The Hall–Kier alpha value is -2.87. The number of methoxy groups -OCH3 is 1. The monoisotopic (exact) mass is 512 g/mol. The lowest BCUT2D eigenvalue weighted by Crippen LogP contribution is -2.48. The lowest BCUT2D eigenvalue weighted by atomic mass is 10.0. The second-order valence-corrected chi connectivity index (χ2v) is 9.94. The van der Waals surface area contributed by atoms with Crippen molar-refractivity contribution in [2.24, 2.45) is 0 Å². The van der Waals surface area contributed by atoms with E-state index in [1.165, 1.54) is 4.88 Å². The number of fused-ring (bicyclic) bond motifs is 1. The fraction of sp³-hybridized carbons (Fsp3) is 0.333. The molecule has 2 heterocycles. The summed E-state index contributed by atoms with van der Waals surface area (Å²) in [6.07, 6.45) is 0.792. The topological polar surface area (TPSA) is 59.1 Å². The van der Waals surface area contributed by atoms with Crippen LogP contribution in [0.5, 0.6) is 5.75 Å². The summed E-state index contributed by atoms with van der Waals surface area (Å²) in [5, 5.41) is 2.70. The highest BCUT2D eigenvalue weighted by molar-refractivity contribution is 7.10. The fourth-order valence-corrected chi connectivity index (χ4v) is 5.22. The maximum absolute atomic E-state index is 13.6. The minimum Gasteiger partial charge on any atom is -0.491 e. The zero-order valence-corrected chi connectivity index (χ0v) is 21.5. The standard InChI is InChI=1S/C27H29ClN2O4S/c1-19-3-5-20(6-4-19)27(32)29(14-15-33-2)17-26(31)30-13-11-25-23(12-16-35-25)24(30)18-34-22-9-7-21(28)8-10-22/h3-10,12,16,24H,11,13-15,17-18H2,1-2H3/t24-/m1/s1. The number of carbonyl (C=O) groups excluding carboxylic acids is 2. The van der Waals surface area contributed by atoms with Crippen molar-refractivity contribution in [3.63, 3.8) is 0 Å². The van der Waals surface area contributed by atoms with Crippen molar-refractivity contribution in [3.8, 4) is 5.75 Å². The smallest absolute Gasteiger partial charge is 0.254 e. The van der Waals surface area contributed by atoms with Gasteiger partial charge >= 0.3 is 0 Å². The van der Waals surface area contributed by atoms with E-state index >= 15 is 0 Å². The summed E-state index contributed by atoms with van der Waals surface area (Å²) in [5.41, 5.74) is 2.74. The first-order valence-corrected chi connectivity index (χ1v) is 12.8. The number of rotatable bonds is 9. The summed E-state index contributed by atoms with van der Waals surface area (Å²) in [7, 11) is 1.59. The SMILES string of the molecule is COCCN(CC(=O)N1CCc2sccc2[C@H]1COc1ccc(Cl)cc1)C(=O)c1ccc(C)cc1. The maximum Gasteiger partial charge on any atom is 0.254 e. The van der Waals surface area contributed by atoms with E-state index in [0.717, 1.165) is 17.5 Å². The normalized spacial score (nSPS) is 14.9. The number of hydrogen-bond donors (Lipinski definition) is 0. The van der Waals surface area contributed by atoms with Crippen LogP contribution >= 0.6 is 22.9 Å². The fourth-order valence-electron chi connectivity index (χ4n) is 4.17. The van der Waals surface area contributed by atoms with E-state index in [1.807, 2.05) is 36.1 Å². The molecular weight excluding hydrogens is 484 g/mol.